The number of carbonyl (C=O) groups is 1. The molecule has 0 aliphatic rings. The number of aryl methyl sites for hydroxylation is 1. The van der Waals surface area contributed by atoms with Gasteiger partial charge in [-0.05, 0) is 37.2 Å². The minimum atomic E-state index is -4.63. The lowest BCUT2D eigenvalue weighted by Crippen LogP contribution is -2.25. The van der Waals surface area contributed by atoms with Gasteiger partial charge in [-0.1, -0.05) is 17.3 Å². The van der Waals surface area contributed by atoms with E-state index < -0.39 is 18.2 Å². The largest absolute Gasteiger partial charge is 0.573 e. The Kier molecular flexibility index (Phi) is 9.67. The number of aromatic nitrogens is 5. The highest BCUT2D eigenvalue weighted by Gasteiger charge is 2.31. The molecule has 0 spiro atoms. The quantitative estimate of drug-likeness (QED) is 0.348. The smallest absolute Gasteiger partial charge is 0.406 e. The van der Waals surface area contributed by atoms with Crippen molar-refractivity contribution >= 4 is 12.1 Å². The Morgan fingerprint density at radius 2 is 2.06 bits per heavy atom. The number of hydrogen-bond donors (Lipinski definition) is 2. The van der Waals surface area contributed by atoms with E-state index in [2.05, 4.69) is 25.3 Å². The second-order valence-corrected chi connectivity index (χ2v) is 6.92. The molecule has 0 saturated carbocycles. The first kappa shape index (κ1) is 26.4. The van der Waals surface area contributed by atoms with Gasteiger partial charge in [0.2, 0.25) is 0 Å². The Labute approximate surface area is 191 Å². The Balaban J connectivity index is 0.000000257. The molecule has 184 valence electrons. The predicted octanol–water partition coefficient (Wildman–Crippen LogP) is 1.96. The highest BCUT2D eigenvalue weighted by molar-refractivity contribution is 5.70. The number of nitrogens with two attached hydrogens (primary N) is 1. The van der Waals surface area contributed by atoms with Gasteiger partial charge in [-0.15, -0.1) is 18.3 Å². The predicted molar refractivity (Wildman–Crippen MR) is 114 cm³/mol. The number of rotatable bonds is 9. The number of aldehydes is 1. The molecule has 1 atom stereocenters. The second kappa shape index (κ2) is 12.4. The van der Waals surface area contributed by atoms with Crippen molar-refractivity contribution < 1.29 is 27.1 Å². The average molecular weight is 485 g/mol. The summed E-state index contributed by atoms with van der Waals surface area (Å²) in [5.41, 5.74) is 5.74. The fourth-order valence-corrected chi connectivity index (χ4v) is 2.70. The summed E-state index contributed by atoms with van der Waals surface area (Å²) in [6.45, 7) is 0.662. The maximum absolute atomic E-state index is 13.8. The van der Waals surface area contributed by atoms with Crippen molar-refractivity contribution in [2.75, 3.05) is 12.8 Å². The summed E-state index contributed by atoms with van der Waals surface area (Å²) in [6, 6.07) is 7.34. The van der Waals surface area contributed by atoms with Crippen LogP contribution in [0.15, 0.2) is 47.5 Å². The summed E-state index contributed by atoms with van der Waals surface area (Å²) >= 11 is 0. The Hall–Kier alpha value is -3.81. The third kappa shape index (κ3) is 9.36. The molecule has 14 heteroatoms. The molecular formula is C20H23F4N7O3. The van der Waals surface area contributed by atoms with Gasteiger partial charge in [0.15, 0.2) is 6.29 Å². The van der Waals surface area contributed by atoms with Crippen LogP contribution in [0.3, 0.4) is 0 Å². The fraction of sp³-hybridized carbons (Fsp3) is 0.350. The van der Waals surface area contributed by atoms with Crippen LogP contribution in [0.5, 0.6) is 5.75 Å². The van der Waals surface area contributed by atoms with E-state index in [4.69, 9.17) is 5.73 Å². The maximum atomic E-state index is 13.8. The first-order chi connectivity index (χ1) is 16.1. The molecule has 3 aromatic rings. The van der Waals surface area contributed by atoms with E-state index in [-0.39, 0.29) is 36.8 Å². The number of carbonyl (C=O) groups excluding carboxylic acids is 1. The molecule has 2 aromatic heterocycles. The normalized spacial score (nSPS) is 11.9. The monoisotopic (exact) mass is 485 g/mol. The summed E-state index contributed by atoms with van der Waals surface area (Å²) in [4.78, 5) is 25.4. The van der Waals surface area contributed by atoms with Crippen LogP contribution < -0.4 is 21.5 Å². The van der Waals surface area contributed by atoms with E-state index >= 15 is 0 Å². The molecule has 0 aliphatic carbocycles. The van der Waals surface area contributed by atoms with Gasteiger partial charge in [0.05, 0.1) is 12.7 Å². The van der Waals surface area contributed by atoms with E-state index in [1.807, 2.05) is 0 Å². The van der Waals surface area contributed by atoms with Crippen LogP contribution in [-0.2, 0) is 19.6 Å². The van der Waals surface area contributed by atoms with E-state index in [1.165, 1.54) is 45.9 Å². The molecule has 2 heterocycles. The Morgan fingerprint density at radius 3 is 2.68 bits per heavy atom. The summed E-state index contributed by atoms with van der Waals surface area (Å²) < 4.78 is 55.5. The van der Waals surface area contributed by atoms with Crippen molar-refractivity contribution in [1.29, 1.82) is 0 Å². The third-order valence-corrected chi connectivity index (χ3v) is 4.15. The van der Waals surface area contributed by atoms with Crippen molar-refractivity contribution in [3.8, 4) is 5.75 Å². The molecule has 0 radical (unpaired) electrons. The zero-order chi connectivity index (χ0) is 25.1. The number of anilines is 1. The highest BCUT2D eigenvalue weighted by Crippen LogP contribution is 2.23. The Bertz CT molecular complexity index is 1120. The number of alkyl halides is 4. The number of nitrogens with one attached hydrogen (secondary N) is 1. The second-order valence-electron chi connectivity index (χ2n) is 6.92. The maximum Gasteiger partial charge on any atom is 0.573 e. The van der Waals surface area contributed by atoms with Gasteiger partial charge in [0.1, 0.15) is 23.4 Å². The SMILES string of the molecule is CNCc1cccc(OC(F)(F)F)c1.Nc1ccn(CCC(F)Cn2cc(C=O)nn2)c(=O)n1. The van der Waals surface area contributed by atoms with Crippen molar-refractivity contribution in [3.05, 3.63) is 64.5 Å². The van der Waals surface area contributed by atoms with Crippen molar-refractivity contribution in [3.63, 3.8) is 0 Å². The van der Waals surface area contributed by atoms with Crippen molar-refractivity contribution in [1.82, 2.24) is 29.9 Å². The van der Waals surface area contributed by atoms with E-state index in [0.29, 0.717) is 12.8 Å². The summed E-state index contributed by atoms with van der Waals surface area (Å²) in [6.07, 6.45) is -2.37. The molecule has 0 fully saturated rings. The van der Waals surface area contributed by atoms with Crippen LogP contribution in [0.25, 0.3) is 0 Å². The lowest BCUT2D eigenvalue weighted by Gasteiger charge is -2.09. The topological polar surface area (TPSA) is 130 Å². The minimum Gasteiger partial charge on any atom is -0.406 e. The number of halogens is 4. The molecule has 34 heavy (non-hydrogen) atoms. The van der Waals surface area contributed by atoms with Gasteiger partial charge in [-0.2, -0.15) is 4.98 Å². The minimum absolute atomic E-state index is 0.0298. The van der Waals surface area contributed by atoms with Crippen molar-refractivity contribution in [2.24, 2.45) is 0 Å². The lowest BCUT2D eigenvalue weighted by molar-refractivity contribution is -0.274. The number of nitrogens with zero attached hydrogens (tertiary/aromatic N) is 5. The zero-order valence-corrected chi connectivity index (χ0v) is 18.1. The van der Waals surface area contributed by atoms with E-state index in [0.717, 1.165) is 5.56 Å². The van der Waals surface area contributed by atoms with Gasteiger partial charge in [0, 0.05) is 19.3 Å². The number of hydrogen-bond acceptors (Lipinski definition) is 8. The summed E-state index contributed by atoms with van der Waals surface area (Å²) in [7, 11) is 1.72. The van der Waals surface area contributed by atoms with Crippen LogP contribution in [0.2, 0.25) is 0 Å². The Morgan fingerprint density at radius 1 is 1.29 bits per heavy atom. The molecule has 0 aliphatic heterocycles. The fourth-order valence-electron chi connectivity index (χ4n) is 2.70. The highest BCUT2D eigenvalue weighted by atomic mass is 19.4. The van der Waals surface area contributed by atoms with Crippen LogP contribution in [0.1, 0.15) is 22.5 Å². The number of ether oxygens (including phenoxy) is 1. The average Bonchev–Trinajstić information content (AvgIpc) is 3.20. The third-order valence-electron chi connectivity index (χ3n) is 4.15. The van der Waals surface area contributed by atoms with Crippen LogP contribution in [0.4, 0.5) is 23.4 Å². The van der Waals surface area contributed by atoms with Crippen molar-refractivity contribution in [2.45, 2.75) is 38.6 Å². The molecule has 10 nitrogen and oxygen atoms in total. The van der Waals surface area contributed by atoms with E-state index in [1.54, 1.807) is 13.1 Å². The van der Waals surface area contributed by atoms with Gasteiger partial charge >= 0.3 is 12.1 Å². The molecule has 0 saturated heterocycles. The standard InChI is InChI=1S/C11H13FN6O2.C9H10F3NO/c12-8(5-18-6-9(7-19)15-16-18)1-3-17-4-2-10(13)14-11(17)20;1-13-6-7-3-2-4-8(5-7)14-9(10,11)12/h2,4,6-8H,1,3,5H2,(H2,13,14,20);2-5,13H,6H2,1H3. The lowest BCUT2D eigenvalue weighted by atomic mass is 10.2. The summed E-state index contributed by atoms with van der Waals surface area (Å²) in [5.74, 6) is -0.0580. The zero-order valence-electron chi connectivity index (χ0n) is 18.1. The first-order valence-corrected chi connectivity index (χ1v) is 9.91. The molecule has 1 unspecified atom stereocenters. The number of benzene rings is 1. The van der Waals surface area contributed by atoms with Gasteiger partial charge in [-0.25, -0.2) is 13.9 Å². The molecule has 3 rings (SSSR count). The molecule has 1 aromatic carbocycles. The first-order valence-electron chi connectivity index (χ1n) is 9.91. The molecule has 3 N–H and O–H groups in total. The van der Waals surface area contributed by atoms with Crippen LogP contribution >= 0.6 is 0 Å². The van der Waals surface area contributed by atoms with Gasteiger partial charge < -0.3 is 15.8 Å². The molecule has 0 amide bonds. The van der Waals surface area contributed by atoms with Crippen LogP contribution in [-0.4, -0.2) is 50.4 Å². The van der Waals surface area contributed by atoms with Gasteiger partial charge in [0.25, 0.3) is 0 Å². The summed E-state index contributed by atoms with van der Waals surface area (Å²) in [5, 5.41) is 9.98. The number of nitrogen functional groups attached to an aromatic ring is 1. The van der Waals surface area contributed by atoms with E-state index in [9.17, 15) is 27.2 Å². The van der Waals surface area contributed by atoms with Gasteiger partial charge in [-0.3, -0.25) is 9.36 Å². The molecule has 0 bridgehead atoms. The molecular weight excluding hydrogens is 462 g/mol. The van der Waals surface area contributed by atoms with Crippen LogP contribution in [0, 0.1) is 0 Å².